The lowest BCUT2D eigenvalue weighted by Gasteiger charge is -2.32. The number of pyridine rings is 1. The number of hydrogen-bond acceptors (Lipinski definition) is 6. The van der Waals surface area contributed by atoms with Crippen LogP contribution in [0, 0.1) is 18.3 Å². The molecule has 2 aliphatic heterocycles. The van der Waals surface area contributed by atoms with Crippen LogP contribution < -0.4 is 9.64 Å². The number of carbonyl (C=O) groups excluding carboxylic acids is 2. The maximum atomic E-state index is 13.8. The van der Waals surface area contributed by atoms with Crippen LogP contribution in [0.5, 0.6) is 5.75 Å². The quantitative estimate of drug-likeness (QED) is 0.432. The monoisotopic (exact) mass is 535 g/mol. The Morgan fingerprint density at radius 3 is 2.38 bits per heavy atom. The molecule has 4 heterocycles. The first-order valence-electron chi connectivity index (χ1n) is 13.5. The molecule has 2 aromatic heterocycles. The molecule has 3 aromatic rings. The molecule has 1 saturated heterocycles. The van der Waals surface area contributed by atoms with Crippen molar-refractivity contribution in [1.82, 2.24) is 19.9 Å². The van der Waals surface area contributed by atoms with Crippen LogP contribution >= 0.6 is 0 Å². The van der Waals surface area contributed by atoms with Gasteiger partial charge in [0.15, 0.2) is 0 Å². The number of benzene rings is 1. The number of anilines is 1. The van der Waals surface area contributed by atoms with E-state index in [2.05, 4.69) is 16.0 Å². The summed E-state index contributed by atoms with van der Waals surface area (Å²) in [6.07, 6.45) is 8.54. The number of carbonyl (C=O) groups is 2. The van der Waals surface area contributed by atoms with Gasteiger partial charge in [0.05, 0.1) is 18.1 Å². The third kappa shape index (κ3) is 3.93. The molecule has 6 rings (SSSR count). The highest BCUT2D eigenvalue weighted by Crippen LogP contribution is 2.50. The number of fused-ring (bicyclic) bond motifs is 2. The van der Waals surface area contributed by atoms with Gasteiger partial charge in [-0.2, -0.15) is 0 Å². The summed E-state index contributed by atoms with van der Waals surface area (Å²) in [7, 11) is 1.63. The molecule has 204 valence electrons. The number of nitrogens with zero attached hydrogens (tertiary/aromatic N) is 5. The summed E-state index contributed by atoms with van der Waals surface area (Å²) in [6, 6.07) is 11.5. The second-order valence-corrected chi connectivity index (χ2v) is 11.8. The first kappa shape index (κ1) is 25.9. The van der Waals surface area contributed by atoms with E-state index in [1.54, 1.807) is 12.0 Å². The molecule has 1 fully saturated rings. The van der Waals surface area contributed by atoms with Crippen molar-refractivity contribution in [3.05, 3.63) is 94.8 Å². The molecule has 0 spiro atoms. The second-order valence-electron chi connectivity index (χ2n) is 11.8. The number of allylic oxidation sites excluding steroid dienone is 4. The average Bonchev–Trinajstić information content (AvgIpc) is 3.26. The number of rotatable bonds is 5. The van der Waals surface area contributed by atoms with Gasteiger partial charge in [0, 0.05) is 41.7 Å². The minimum atomic E-state index is -0.609. The van der Waals surface area contributed by atoms with Crippen LogP contribution in [0.3, 0.4) is 0 Å². The van der Waals surface area contributed by atoms with Crippen LogP contribution in [-0.2, 0) is 16.9 Å². The number of methoxy groups -OCH3 is 1. The van der Waals surface area contributed by atoms with Crippen LogP contribution in [0.1, 0.15) is 67.1 Å². The highest BCUT2D eigenvalue weighted by Gasteiger charge is 2.52. The Morgan fingerprint density at radius 1 is 1.00 bits per heavy atom. The zero-order chi connectivity index (χ0) is 28.4. The topological polar surface area (TPSA) is 88.5 Å². The number of ether oxygens (including phenoxy) is 1. The average molecular weight is 536 g/mol. The SMILES string of the molecule is COc1ccc(CN2C(=O)c3nc(N4C(=O)C(C)(C)C5CC=C(c6cnc(C)nc6)C=C54)ccc3C2(C)C)cc1. The Labute approximate surface area is 234 Å². The van der Waals surface area contributed by atoms with E-state index >= 15 is 0 Å². The minimum Gasteiger partial charge on any atom is -0.497 e. The Morgan fingerprint density at radius 2 is 1.70 bits per heavy atom. The van der Waals surface area contributed by atoms with Crippen molar-refractivity contribution in [3.8, 4) is 5.75 Å². The standard InChI is InChI=1S/C32H33N5O3/c1-19-33-16-22(17-34-19)21-9-12-24-26(15-21)37(30(39)31(24,2)3)27-14-13-25-28(35-27)29(38)36(32(25,4)5)18-20-7-10-23(40-6)11-8-20/h7-11,13-17,24H,12,18H2,1-6H3. The summed E-state index contributed by atoms with van der Waals surface area (Å²) >= 11 is 0. The lowest BCUT2D eigenvalue weighted by molar-refractivity contribution is -0.125. The summed E-state index contributed by atoms with van der Waals surface area (Å²) in [6.45, 7) is 10.3. The summed E-state index contributed by atoms with van der Waals surface area (Å²) in [4.78, 5) is 44.7. The van der Waals surface area contributed by atoms with Gasteiger partial charge in [-0.25, -0.2) is 15.0 Å². The largest absolute Gasteiger partial charge is 0.497 e. The summed E-state index contributed by atoms with van der Waals surface area (Å²) in [5.74, 6) is 1.79. The van der Waals surface area contributed by atoms with Crippen molar-refractivity contribution >= 4 is 23.2 Å². The highest BCUT2D eigenvalue weighted by atomic mass is 16.5. The van der Waals surface area contributed by atoms with Crippen molar-refractivity contribution in [2.75, 3.05) is 12.0 Å². The van der Waals surface area contributed by atoms with Crippen LogP contribution in [-0.4, -0.2) is 38.8 Å². The van der Waals surface area contributed by atoms with Crippen LogP contribution in [0.15, 0.2) is 66.6 Å². The van der Waals surface area contributed by atoms with Crippen molar-refractivity contribution in [2.24, 2.45) is 11.3 Å². The third-order valence-electron chi connectivity index (χ3n) is 8.62. The van der Waals surface area contributed by atoms with Crippen LogP contribution in [0.2, 0.25) is 0 Å². The Hall–Kier alpha value is -4.33. The molecule has 1 atom stereocenters. The van der Waals surface area contributed by atoms with Gasteiger partial charge in [0.1, 0.15) is 23.1 Å². The number of amides is 2. The molecule has 0 N–H and O–H groups in total. The number of aromatic nitrogens is 3. The van der Waals surface area contributed by atoms with Crippen LogP contribution in [0.25, 0.3) is 5.57 Å². The summed E-state index contributed by atoms with van der Waals surface area (Å²) in [5.41, 5.74) is 3.85. The molecule has 0 bridgehead atoms. The van der Waals surface area contributed by atoms with Gasteiger partial charge in [-0.15, -0.1) is 0 Å². The fraction of sp³-hybridized carbons (Fsp3) is 0.344. The van der Waals surface area contributed by atoms with Gasteiger partial charge in [-0.1, -0.05) is 38.1 Å². The predicted molar refractivity (Wildman–Crippen MR) is 152 cm³/mol. The minimum absolute atomic E-state index is 0.00360. The van der Waals surface area contributed by atoms with Gasteiger partial charge in [-0.3, -0.25) is 14.5 Å². The van der Waals surface area contributed by atoms with E-state index in [4.69, 9.17) is 9.72 Å². The number of aryl methyl sites for hydroxylation is 1. The maximum absolute atomic E-state index is 13.8. The van der Waals surface area contributed by atoms with Gasteiger partial charge in [0.2, 0.25) is 5.91 Å². The molecule has 0 radical (unpaired) electrons. The number of hydrogen-bond donors (Lipinski definition) is 0. The molecule has 1 aromatic carbocycles. The zero-order valence-electron chi connectivity index (χ0n) is 23.7. The van der Waals surface area contributed by atoms with E-state index in [9.17, 15) is 9.59 Å². The van der Waals surface area contributed by atoms with E-state index in [1.807, 2.05) is 94.4 Å². The lowest BCUT2D eigenvalue weighted by atomic mass is 9.75. The predicted octanol–water partition coefficient (Wildman–Crippen LogP) is 5.44. The van der Waals surface area contributed by atoms with Crippen LogP contribution in [0.4, 0.5) is 5.82 Å². The molecular formula is C32H33N5O3. The van der Waals surface area contributed by atoms with Gasteiger partial charge in [0.25, 0.3) is 5.91 Å². The Kier molecular flexibility index (Phi) is 5.91. The normalized spacial score (nSPS) is 20.7. The Balaban J connectivity index is 1.36. The second kappa shape index (κ2) is 9.11. The summed E-state index contributed by atoms with van der Waals surface area (Å²) in [5, 5.41) is 0. The smallest absolute Gasteiger partial charge is 0.273 e. The zero-order valence-corrected chi connectivity index (χ0v) is 23.7. The Bertz CT molecular complexity index is 1590. The van der Waals surface area contributed by atoms with E-state index in [0.29, 0.717) is 23.9 Å². The molecule has 1 aliphatic carbocycles. The first-order chi connectivity index (χ1) is 19.0. The van der Waals surface area contributed by atoms with Crippen molar-refractivity contribution in [2.45, 2.75) is 53.1 Å². The maximum Gasteiger partial charge on any atom is 0.273 e. The highest BCUT2D eigenvalue weighted by molar-refractivity contribution is 6.05. The van der Waals surface area contributed by atoms with Crippen molar-refractivity contribution in [3.63, 3.8) is 0 Å². The fourth-order valence-electron chi connectivity index (χ4n) is 6.04. The van der Waals surface area contributed by atoms with Gasteiger partial charge < -0.3 is 9.64 Å². The lowest BCUT2D eigenvalue weighted by Crippen LogP contribution is -2.38. The van der Waals surface area contributed by atoms with E-state index in [0.717, 1.165) is 40.1 Å². The van der Waals surface area contributed by atoms with Gasteiger partial charge in [-0.05, 0) is 62.6 Å². The van der Waals surface area contributed by atoms with Crippen molar-refractivity contribution in [1.29, 1.82) is 0 Å². The van der Waals surface area contributed by atoms with Crippen molar-refractivity contribution < 1.29 is 14.3 Å². The molecular weight excluding hydrogens is 502 g/mol. The molecule has 3 aliphatic rings. The molecule has 40 heavy (non-hydrogen) atoms. The first-order valence-corrected chi connectivity index (χ1v) is 13.5. The third-order valence-corrected chi connectivity index (χ3v) is 8.62. The molecule has 1 unspecified atom stereocenters. The van der Waals surface area contributed by atoms with E-state index in [1.165, 1.54) is 0 Å². The van der Waals surface area contributed by atoms with E-state index < -0.39 is 11.0 Å². The molecule has 2 amide bonds. The summed E-state index contributed by atoms with van der Waals surface area (Å²) < 4.78 is 5.27. The molecule has 0 saturated carbocycles. The molecule has 8 nitrogen and oxygen atoms in total. The van der Waals surface area contributed by atoms with Gasteiger partial charge >= 0.3 is 0 Å². The molecule has 8 heteroatoms. The fourth-order valence-corrected chi connectivity index (χ4v) is 6.04. The van der Waals surface area contributed by atoms with E-state index in [-0.39, 0.29) is 17.7 Å².